The van der Waals surface area contributed by atoms with Crippen molar-refractivity contribution < 1.29 is 47.1 Å². The van der Waals surface area contributed by atoms with Crippen LogP contribution < -0.4 is 4.74 Å². The van der Waals surface area contributed by atoms with E-state index in [0.29, 0.717) is 0 Å². The molecule has 0 bridgehead atoms. The average molecular weight is 747 g/mol. The van der Waals surface area contributed by atoms with Crippen LogP contribution in [0.3, 0.4) is 0 Å². The van der Waals surface area contributed by atoms with Crippen LogP contribution >= 0.6 is 0 Å². The van der Waals surface area contributed by atoms with Crippen LogP contribution in [0.15, 0.2) is 36.4 Å². The van der Waals surface area contributed by atoms with E-state index in [1.54, 1.807) is 21.3 Å². The molecule has 8 atom stereocenters. The van der Waals surface area contributed by atoms with E-state index in [4.69, 9.17) is 42.3 Å². The van der Waals surface area contributed by atoms with Gasteiger partial charge in [0.25, 0.3) is 0 Å². The highest BCUT2D eigenvalue weighted by Gasteiger charge is 2.58. The van der Waals surface area contributed by atoms with Crippen LogP contribution in [0.4, 0.5) is 0 Å². The molecular formula is C41H66O10Si. The van der Waals surface area contributed by atoms with Gasteiger partial charge in [0, 0.05) is 37.9 Å². The molecule has 0 saturated carbocycles. The highest BCUT2D eigenvalue weighted by atomic mass is 28.4. The van der Waals surface area contributed by atoms with E-state index in [-0.39, 0.29) is 49.3 Å². The largest absolute Gasteiger partial charge is 0.497 e. The Hall–Kier alpha value is -2.11. The standard InChI is InChI=1S/C41H66O10Si/c1-28-20-22-39(6,7)36(48-27-44-12)35-37(50-40(8,9)49-35)41(10,51-52(14,15)38(3,4)5)23-21-33(29(2)24-32(42)34(28)47-26-43-11)46-25-30-16-18-31(45-13)19-17-30/h16-20,22,28-29,33-37H,24-27H2,1-15H3/b22-20+/t28-,29-,33+,34-,35+,36+,37+,41+/m0/s1. The minimum Gasteiger partial charge on any atom is -0.497 e. The molecule has 11 heteroatoms. The van der Waals surface area contributed by atoms with Crippen molar-refractivity contribution in [2.45, 2.75) is 142 Å². The monoisotopic (exact) mass is 746 g/mol. The molecule has 294 valence electrons. The molecule has 0 spiro atoms. The SMILES string of the molecule is COCO[C@@H]1C(=O)C[C@H](C)[C@H](OCc2ccc(OC)cc2)C#C[C@@](C)(O[Si](C)(C)C(C)(C)C)[C@@H]2OC(C)(C)O[C@@H]2[C@@H](OCOC)C(C)(C)/C=C/[C@@H]1C. The number of ketones is 1. The fraction of sp³-hybridized carbons (Fsp3) is 0.732. The van der Waals surface area contributed by atoms with Gasteiger partial charge in [-0.3, -0.25) is 4.79 Å². The van der Waals surface area contributed by atoms with E-state index in [1.165, 1.54) is 0 Å². The lowest BCUT2D eigenvalue weighted by Gasteiger charge is -2.46. The number of methoxy groups -OCH3 is 3. The zero-order chi connectivity index (χ0) is 39.1. The number of ether oxygens (including phenoxy) is 8. The van der Waals surface area contributed by atoms with E-state index in [1.807, 2.05) is 65.0 Å². The number of rotatable bonds is 12. The van der Waals surface area contributed by atoms with Gasteiger partial charge in [0.05, 0.1) is 19.8 Å². The molecule has 1 aliphatic carbocycles. The van der Waals surface area contributed by atoms with Crippen molar-refractivity contribution in [1.82, 2.24) is 0 Å². The van der Waals surface area contributed by atoms with Gasteiger partial charge in [-0.1, -0.05) is 84.6 Å². The minimum absolute atomic E-state index is 0.0176. The second-order valence-corrected chi connectivity index (χ2v) is 21.7. The molecule has 0 aromatic heterocycles. The summed E-state index contributed by atoms with van der Waals surface area (Å²) < 4.78 is 56.0. The molecule has 1 aromatic rings. The number of carbonyl (C=O) groups excluding carboxylic acids is 1. The van der Waals surface area contributed by atoms with Gasteiger partial charge in [-0.25, -0.2) is 0 Å². The summed E-state index contributed by atoms with van der Waals surface area (Å²) in [6.45, 7) is 25.2. The highest BCUT2D eigenvalue weighted by Crippen LogP contribution is 2.46. The van der Waals surface area contributed by atoms with Gasteiger partial charge < -0.3 is 42.3 Å². The van der Waals surface area contributed by atoms with Crippen LogP contribution in [0.5, 0.6) is 5.75 Å². The van der Waals surface area contributed by atoms with Gasteiger partial charge in [0.15, 0.2) is 19.9 Å². The maximum Gasteiger partial charge on any atom is 0.194 e. The van der Waals surface area contributed by atoms with Gasteiger partial charge >= 0.3 is 0 Å². The quantitative estimate of drug-likeness (QED) is 0.0917. The second-order valence-electron chi connectivity index (χ2n) is 17.0. The minimum atomic E-state index is -2.48. The van der Waals surface area contributed by atoms with Crippen molar-refractivity contribution >= 4 is 14.1 Å². The Morgan fingerprint density at radius 2 is 1.52 bits per heavy atom. The van der Waals surface area contributed by atoms with Gasteiger partial charge in [0.1, 0.15) is 49.4 Å². The maximum atomic E-state index is 14.1. The van der Waals surface area contributed by atoms with Crippen molar-refractivity contribution in [3.8, 4) is 17.6 Å². The third-order valence-corrected chi connectivity index (χ3v) is 15.0. The first-order valence-corrected chi connectivity index (χ1v) is 21.3. The van der Waals surface area contributed by atoms with Gasteiger partial charge in [-0.2, -0.15) is 0 Å². The molecule has 1 aromatic carbocycles. The van der Waals surface area contributed by atoms with Gasteiger partial charge in [-0.15, -0.1) is 0 Å². The Balaban J connectivity index is 2.28. The number of carbonyl (C=O) groups is 1. The second kappa shape index (κ2) is 18.0. The van der Waals surface area contributed by atoms with Crippen LogP contribution in [0, 0.1) is 29.1 Å². The summed E-state index contributed by atoms with van der Waals surface area (Å²) in [5, 5.41) is -0.134. The van der Waals surface area contributed by atoms with E-state index in [9.17, 15) is 4.79 Å². The highest BCUT2D eigenvalue weighted by molar-refractivity contribution is 6.74. The Bertz CT molecular complexity index is 1390. The van der Waals surface area contributed by atoms with Crippen LogP contribution in [-0.2, 0) is 49.0 Å². The summed E-state index contributed by atoms with van der Waals surface area (Å²) in [7, 11) is 2.29. The van der Waals surface area contributed by atoms with Crippen LogP contribution in [0.25, 0.3) is 0 Å². The third-order valence-electron chi connectivity index (χ3n) is 10.4. The molecule has 1 heterocycles. The predicted molar refractivity (Wildman–Crippen MR) is 204 cm³/mol. The summed E-state index contributed by atoms with van der Waals surface area (Å²) >= 11 is 0. The van der Waals surface area contributed by atoms with E-state index >= 15 is 0 Å². The fourth-order valence-electron chi connectivity index (χ4n) is 6.43. The van der Waals surface area contributed by atoms with E-state index in [2.05, 4.69) is 65.6 Å². The third kappa shape index (κ3) is 11.4. The molecule has 0 radical (unpaired) electrons. The summed E-state index contributed by atoms with van der Waals surface area (Å²) in [5.74, 6) is 6.17. The van der Waals surface area contributed by atoms with Crippen molar-refractivity contribution in [3.05, 3.63) is 42.0 Å². The fourth-order valence-corrected chi connectivity index (χ4v) is 7.97. The molecule has 3 rings (SSSR count). The number of Topliss-reactive ketones (excluding diaryl/α,β-unsaturated/α-hetero) is 1. The van der Waals surface area contributed by atoms with Gasteiger partial charge in [-0.05, 0) is 56.6 Å². The lowest BCUT2D eigenvalue weighted by atomic mass is 9.78. The molecule has 1 fully saturated rings. The van der Waals surface area contributed by atoms with E-state index in [0.717, 1.165) is 11.3 Å². The summed E-state index contributed by atoms with van der Waals surface area (Å²) in [5.41, 5.74) is -0.845. The molecule has 10 nitrogen and oxygen atoms in total. The normalized spacial score (nSPS) is 31.8. The summed E-state index contributed by atoms with van der Waals surface area (Å²) in [4.78, 5) is 14.1. The number of fused-ring (bicyclic) bond motifs is 1. The van der Waals surface area contributed by atoms with Crippen molar-refractivity contribution in [2.75, 3.05) is 34.9 Å². The Morgan fingerprint density at radius 1 is 0.904 bits per heavy atom. The molecular weight excluding hydrogens is 681 g/mol. The maximum absolute atomic E-state index is 14.1. The first-order valence-electron chi connectivity index (χ1n) is 18.4. The van der Waals surface area contributed by atoms with Crippen LogP contribution in [0.2, 0.25) is 18.1 Å². The predicted octanol–water partition coefficient (Wildman–Crippen LogP) is 7.69. The summed E-state index contributed by atoms with van der Waals surface area (Å²) in [6.07, 6.45) is 1.02. The van der Waals surface area contributed by atoms with E-state index < -0.39 is 55.6 Å². The van der Waals surface area contributed by atoms with Crippen LogP contribution in [0.1, 0.15) is 81.2 Å². The lowest BCUT2D eigenvalue weighted by Crippen LogP contribution is -2.59. The zero-order valence-electron chi connectivity index (χ0n) is 34.4. The lowest BCUT2D eigenvalue weighted by molar-refractivity contribution is -0.184. The zero-order valence-corrected chi connectivity index (χ0v) is 35.4. The first-order chi connectivity index (χ1) is 24.1. The first kappa shape index (κ1) is 44.3. The molecule has 1 saturated heterocycles. The molecule has 52 heavy (non-hydrogen) atoms. The molecule has 0 amide bonds. The number of benzene rings is 1. The van der Waals surface area contributed by atoms with Crippen molar-refractivity contribution in [1.29, 1.82) is 0 Å². The molecule has 1 aliphatic heterocycles. The van der Waals surface area contributed by atoms with Crippen molar-refractivity contribution in [2.24, 2.45) is 17.3 Å². The summed E-state index contributed by atoms with van der Waals surface area (Å²) in [6, 6.07) is 7.71. The molecule has 2 aliphatic rings. The Morgan fingerprint density at radius 3 is 2.10 bits per heavy atom. The van der Waals surface area contributed by atoms with Crippen molar-refractivity contribution in [3.63, 3.8) is 0 Å². The Kier molecular flexibility index (Phi) is 15.3. The van der Waals surface area contributed by atoms with Gasteiger partial charge in [0.2, 0.25) is 0 Å². The Labute approximate surface area is 314 Å². The number of hydrogen-bond donors (Lipinski definition) is 0. The average Bonchev–Trinajstić information content (AvgIpc) is 3.38. The topological polar surface area (TPSA) is 100 Å². The van der Waals surface area contributed by atoms with Crippen LogP contribution in [-0.4, -0.2) is 90.9 Å². The molecule has 0 unspecified atom stereocenters. The number of hydrogen-bond acceptors (Lipinski definition) is 10. The smallest absolute Gasteiger partial charge is 0.194 e. The molecule has 0 N–H and O–H groups in total.